The number of rotatable bonds is 4. The summed E-state index contributed by atoms with van der Waals surface area (Å²) in [5, 5.41) is 9.45. The Labute approximate surface area is 121 Å². The second kappa shape index (κ2) is 5.84. The number of hydrogen-bond donors (Lipinski definition) is 1. The first-order chi connectivity index (χ1) is 9.56. The maximum atomic E-state index is 11.1. The average Bonchev–Trinajstić information content (AvgIpc) is 2.45. The van der Waals surface area contributed by atoms with Crippen LogP contribution in [-0.2, 0) is 0 Å². The monoisotopic (exact) mass is 292 g/mol. The quantitative estimate of drug-likeness (QED) is 0.933. The van der Waals surface area contributed by atoms with Crippen molar-refractivity contribution in [3.05, 3.63) is 47.0 Å². The van der Waals surface area contributed by atoms with Gasteiger partial charge in [0.25, 0.3) is 0 Å². The topological polar surface area (TPSA) is 55.8 Å². The number of aromatic carboxylic acids is 1. The minimum atomic E-state index is -1.04. The Morgan fingerprint density at radius 3 is 2.20 bits per heavy atom. The third-order valence-electron chi connectivity index (χ3n) is 2.86. The van der Waals surface area contributed by atoms with Crippen molar-refractivity contribution >= 4 is 17.6 Å². The van der Waals surface area contributed by atoms with Crippen LogP contribution in [0.15, 0.2) is 36.4 Å². The Kier molecular flexibility index (Phi) is 4.15. The Hall–Kier alpha value is -2.20. The molecular formula is C15H13ClO4. The van der Waals surface area contributed by atoms with Gasteiger partial charge in [0, 0.05) is 5.02 Å². The molecule has 0 amide bonds. The van der Waals surface area contributed by atoms with E-state index in [0.717, 1.165) is 0 Å². The summed E-state index contributed by atoms with van der Waals surface area (Å²) in [4.78, 5) is 11.1. The van der Waals surface area contributed by atoms with Gasteiger partial charge in [-0.15, -0.1) is 0 Å². The van der Waals surface area contributed by atoms with Crippen LogP contribution in [0.5, 0.6) is 11.5 Å². The highest BCUT2D eigenvalue weighted by Gasteiger charge is 2.15. The summed E-state index contributed by atoms with van der Waals surface area (Å²) >= 11 is 5.99. The highest BCUT2D eigenvalue weighted by molar-refractivity contribution is 6.31. The molecule has 0 aliphatic rings. The second-order valence-electron chi connectivity index (χ2n) is 4.07. The van der Waals surface area contributed by atoms with E-state index in [1.54, 1.807) is 38.5 Å². The minimum absolute atomic E-state index is 0.112. The Morgan fingerprint density at radius 1 is 1.10 bits per heavy atom. The van der Waals surface area contributed by atoms with Gasteiger partial charge in [0.05, 0.1) is 25.3 Å². The smallest absolute Gasteiger partial charge is 0.335 e. The summed E-state index contributed by atoms with van der Waals surface area (Å²) < 4.78 is 10.6. The van der Waals surface area contributed by atoms with Crippen LogP contribution in [0.25, 0.3) is 11.1 Å². The van der Waals surface area contributed by atoms with Crippen LogP contribution in [0.1, 0.15) is 10.4 Å². The SMILES string of the molecule is COc1cccc(OC)c1-c1cc(Cl)cc(C(=O)O)c1. The zero-order chi connectivity index (χ0) is 14.7. The highest BCUT2D eigenvalue weighted by Crippen LogP contribution is 2.39. The predicted molar refractivity (Wildman–Crippen MR) is 77.0 cm³/mol. The molecule has 1 N–H and O–H groups in total. The van der Waals surface area contributed by atoms with Crippen molar-refractivity contribution < 1.29 is 19.4 Å². The van der Waals surface area contributed by atoms with Crippen LogP contribution in [-0.4, -0.2) is 25.3 Å². The first-order valence-corrected chi connectivity index (χ1v) is 6.20. The van der Waals surface area contributed by atoms with Crippen LogP contribution in [0.3, 0.4) is 0 Å². The lowest BCUT2D eigenvalue weighted by Crippen LogP contribution is -1.98. The van der Waals surface area contributed by atoms with E-state index in [9.17, 15) is 4.79 Å². The molecule has 4 nitrogen and oxygen atoms in total. The van der Waals surface area contributed by atoms with Crippen molar-refractivity contribution in [2.45, 2.75) is 0 Å². The summed E-state index contributed by atoms with van der Waals surface area (Å²) in [6.45, 7) is 0. The van der Waals surface area contributed by atoms with Gasteiger partial charge in [-0.2, -0.15) is 0 Å². The van der Waals surface area contributed by atoms with Gasteiger partial charge in [0.1, 0.15) is 11.5 Å². The third-order valence-corrected chi connectivity index (χ3v) is 3.08. The summed E-state index contributed by atoms with van der Waals surface area (Å²) in [7, 11) is 3.09. The van der Waals surface area contributed by atoms with Crippen molar-refractivity contribution in [1.29, 1.82) is 0 Å². The van der Waals surface area contributed by atoms with Gasteiger partial charge >= 0.3 is 5.97 Å². The number of halogens is 1. The molecule has 0 bridgehead atoms. The molecule has 2 aromatic rings. The molecule has 0 radical (unpaired) electrons. The fourth-order valence-corrected chi connectivity index (χ4v) is 2.23. The van der Waals surface area contributed by atoms with Gasteiger partial charge in [0.15, 0.2) is 0 Å². The second-order valence-corrected chi connectivity index (χ2v) is 4.51. The van der Waals surface area contributed by atoms with Crippen molar-refractivity contribution in [2.24, 2.45) is 0 Å². The number of hydrogen-bond acceptors (Lipinski definition) is 3. The molecule has 5 heteroatoms. The molecular weight excluding hydrogens is 280 g/mol. The van der Waals surface area contributed by atoms with Crippen LogP contribution in [0.2, 0.25) is 5.02 Å². The van der Waals surface area contributed by atoms with Crippen molar-refractivity contribution in [1.82, 2.24) is 0 Å². The minimum Gasteiger partial charge on any atom is -0.496 e. The van der Waals surface area contributed by atoms with E-state index in [1.807, 2.05) is 0 Å². The van der Waals surface area contributed by atoms with Crippen LogP contribution < -0.4 is 9.47 Å². The molecule has 0 saturated carbocycles. The van der Waals surface area contributed by atoms with Crippen LogP contribution >= 0.6 is 11.6 Å². The lowest BCUT2D eigenvalue weighted by molar-refractivity contribution is 0.0697. The van der Waals surface area contributed by atoms with Gasteiger partial charge in [-0.3, -0.25) is 0 Å². The molecule has 0 aliphatic carbocycles. The zero-order valence-electron chi connectivity index (χ0n) is 11.0. The molecule has 0 unspecified atom stereocenters. The van der Waals surface area contributed by atoms with Gasteiger partial charge in [-0.1, -0.05) is 17.7 Å². The third kappa shape index (κ3) is 2.70. The average molecular weight is 293 g/mol. The fraction of sp³-hybridized carbons (Fsp3) is 0.133. The van der Waals surface area contributed by atoms with Crippen molar-refractivity contribution in [3.63, 3.8) is 0 Å². The normalized spacial score (nSPS) is 10.2. The molecule has 2 rings (SSSR count). The molecule has 0 aliphatic heterocycles. The number of carbonyl (C=O) groups is 1. The van der Waals surface area contributed by atoms with E-state index in [2.05, 4.69) is 0 Å². The molecule has 20 heavy (non-hydrogen) atoms. The molecule has 0 aromatic heterocycles. The van der Waals surface area contributed by atoms with E-state index >= 15 is 0 Å². The fourth-order valence-electron chi connectivity index (χ4n) is 1.99. The van der Waals surface area contributed by atoms with Gasteiger partial charge < -0.3 is 14.6 Å². The first kappa shape index (κ1) is 14.2. The molecule has 104 valence electrons. The van der Waals surface area contributed by atoms with Gasteiger partial charge in [-0.25, -0.2) is 4.79 Å². The molecule has 0 fully saturated rings. The molecule has 0 atom stereocenters. The molecule has 0 spiro atoms. The van der Waals surface area contributed by atoms with Gasteiger partial charge in [0.2, 0.25) is 0 Å². The summed E-state index contributed by atoms with van der Waals surface area (Å²) in [6.07, 6.45) is 0. The Morgan fingerprint density at radius 2 is 1.70 bits per heavy atom. The van der Waals surface area contributed by atoms with E-state index < -0.39 is 5.97 Å². The summed E-state index contributed by atoms with van der Waals surface area (Å²) in [6, 6.07) is 9.96. The Bertz CT molecular complexity index is 630. The number of methoxy groups -OCH3 is 2. The molecule has 0 saturated heterocycles. The number of carboxylic acid groups (broad SMARTS) is 1. The Balaban J connectivity index is 2.70. The lowest BCUT2D eigenvalue weighted by Gasteiger charge is -2.14. The maximum absolute atomic E-state index is 11.1. The lowest BCUT2D eigenvalue weighted by atomic mass is 10.0. The van der Waals surface area contributed by atoms with Crippen LogP contribution in [0.4, 0.5) is 0 Å². The summed E-state index contributed by atoms with van der Waals surface area (Å²) in [5.41, 5.74) is 1.41. The number of benzene rings is 2. The van der Waals surface area contributed by atoms with E-state index in [-0.39, 0.29) is 5.56 Å². The van der Waals surface area contributed by atoms with E-state index in [0.29, 0.717) is 27.6 Å². The van der Waals surface area contributed by atoms with E-state index in [4.69, 9.17) is 26.2 Å². The zero-order valence-corrected chi connectivity index (χ0v) is 11.8. The first-order valence-electron chi connectivity index (χ1n) is 5.82. The predicted octanol–water partition coefficient (Wildman–Crippen LogP) is 3.72. The van der Waals surface area contributed by atoms with Crippen LogP contribution in [0, 0.1) is 0 Å². The molecule has 2 aromatic carbocycles. The van der Waals surface area contributed by atoms with E-state index in [1.165, 1.54) is 12.1 Å². The van der Waals surface area contributed by atoms with Crippen molar-refractivity contribution in [2.75, 3.05) is 14.2 Å². The number of ether oxygens (including phenoxy) is 2. The standard InChI is InChI=1S/C15H13ClO4/c1-19-12-4-3-5-13(20-2)14(12)9-6-10(15(17)18)8-11(16)7-9/h3-8H,1-2H3,(H,17,18). The maximum Gasteiger partial charge on any atom is 0.335 e. The number of carboxylic acids is 1. The summed E-state index contributed by atoms with van der Waals surface area (Å²) in [5.74, 6) is 0.133. The molecule has 0 heterocycles. The van der Waals surface area contributed by atoms with Gasteiger partial charge in [-0.05, 0) is 35.9 Å². The van der Waals surface area contributed by atoms with Crippen molar-refractivity contribution in [3.8, 4) is 22.6 Å². The highest BCUT2D eigenvalue weighted by atomic mass is 35.5. The largest absolute Gasteiger partial charge is 0.496 e.